The van der Waals surface area contributed by atoms with Gasteiger partial charge in [-0.3, -0.25) is 10.1 Å². The van der Waals surface area contributed by atoms with Gasteiger partial charge in [-0.15, -0.1) is 0 Å². The van der Waals surface area contributed by atoms with E-state index in [1.54, 1.807) is 24.4 Å². The van der Waals surface area contributed by atoms with Crippen LogP contribution in [0.15, 0.2) is 60.0 Å². The standard InChI is InChI=1S/C18H18N4O6S/c1-27-15-5-3-13(17(10-15)28-2)11-20-29(25,26)18-9-14(22(23)24)4-6-16(18)21-8-7-19-12-21/h3-10,12,20H,11H2,1-2H3. The summed E-state index contributed by atoms with van der Waals surface area (Å²) in [5, 5.41) is 11.1. The Kier molecular flexibility index (Phi) is 5.80. The molecule has 0 unspecified atom stereocenters. The van der Waals surface area contributed by atoms with Gasteiger partial charge in [-0.2, -0.15) is 0 Å². The Morgan fingerprint density at radius 1 is 1.17 bits per heavy atom. The molecule has 29 heavy (non-hydrogen) atoms. The van der Waals surface area contributed by atoms with E-state index in [0.717, 1.165) is 6.07 Å². The number of nitro groups is 1. The van der Waals surface area contributed by atoms with Crippen LogP contribution in [0.1, 0.15) is 5.56 Å². The van der Waals surface area contributed by atoms with Crippen LogP contribution in [0.5, 0.6) is 11.5 Å². The minimum atomic E-state index is -4.10. The number of nitrogens with one attached hydrogen (secondary N) is 1. The molecule has 11 heteroatoms. The van der Waals surface area contributed by atoms with Crippen molar-refractivity contribution < 1.29 is 22.8 Å². The minimum Gasteiger partial charge on any atom is -0.497 e. The summed E-state index contributed by atoms with van der Waals surface area (Å²) < 4.78 is 40.3. The molecule has 0 atom stereocenters. The lowest BCUT2D eigenvalue weighted by Gasteiger charge is -2.14. The van der Waals surface area contributed by atoms with Crippen molar-refractivity contribution in [2.24, 2.45) is 0 Å². The van der Waals surface area contributed by atoms with Crippen LogP contribution in [0.3, 0.4) is 0 Å². The Labute approximate surface area is 166 Å². The summed E-state index contributed by atoms with van der Waals surface area (Å²) in [6.45, 7) is -0.0818. The Morgan fingerprint density at radius 2 is 1.97 bits per heavy atom. The van der Waals surface area contributed by atoms with Gasteiger partial charge in [0.05, 0.1) is 31.2 Å². The first-order valence-electron chi connectivity index (χ1n) is 8.33. The quantitative estimate of drug-likeness (QED) is 0.439. The van der Waals surface area contributed by atoms with E-state index in [-0.39, 0.29) is 22.8 Å². The first kappa shape index (κ1) is 20.3. The first-order valence-corrected chi connectivity index (χ1v) is 9.81. The molecule has 0 spiro atoms. The third-order valence-corrected chi connectivity index (χ3v) is 5.60. The summed E-state index contributed by atoms with van der Waals surface area (Å²) in [6, 6.07) is 8.60. The van der Waals surface area contributed by atoms with E-state index in [1.807, 2.05) is 0 Å². The third-order valence-electron chi connectivity index (χ3n) is 4.17. The highest BCUT2D eigenvalue weighted by Gasteiger charge is 2.23. The van der Waals surface area contributed by atoms with Gasteiger partial charge in [-0.25, -0.2) is 18.1 Å². The highest BCUT2D eigenvalue weighted by atomic mass is 32.2. The molecule has 3 rings (SSSR count). The largest absolute Gasteiger partial charge is 0.497 e. The molecular weight excluding hydrogens is 400 g/mol. The lowest BCUT2D eigenvalue weighted by molar-refractivity contribution is -0.385. The van der Waals surface area contributed by atoms with E-state index >= 15 is 0 Å². The SMILES string of the molecule is COc1ccc(CNS(=O)(=O)c2cc([N+](=O)[O-])ccc2-n2ccnc2)c(OC)c1. The maximum atomic E-state index is 13.0. The van der Waals surface area contributed by atoms with Gasteiger partial charge in [0.25, 0.3) is 5.69 Å². The molecule has 152 valence electrons. The number of ether oxygens (including phenoxy) is 2. The molecule has 0 aliphatic rings. The number of sulfonamides is 1. The van der Waals surface area contributed by atoms with E-state index in [4.69, 9.17) is 9.47 Å². The predicted molar refractivity (Wildman–Crippen MR) is 104 cm³/mol. The summed E-state index contributed by atoms with van der Waals surface area (Å²) in [6.07, 6.45) is 4.44. The molecule has 1 aromatic heterocycles. The minimum absolute atomic E-state index is 0.0818. The number of hydrogen-bond donors (Lipinski definition) is 1. The Morgan fingerprint density at radius 3 is 2.59 bits per heavy atom. The lowest BCUT2D eigenvalue weighted by Crippen LogP contribution is -2.25. The first-order chi connectivity index (χ1) is 13.9. The van der Waals surface area contributed by atoms with E-state index in [1.165, 1.54) is 43.4 Å². The van der Waals surface area contributed by atoms with Gasteiger partial charge in [0, 0.05) is 42.7 Å². The number of rotatable bonds is 8. The van der Waals surface area contributed by atoms with E-state index in [2.05, 4.69) is 9.71 Å². The molecule has 1 heterocycles. The molecule has 1 N–H and O–H groups in total. The zero-order valence-corrected chi connectivity index (χ0v) is 16.4. The molecule has 0 fully saturated rings. The van der Waals surface area contributed by atoms with Crippen molar-refractivity contribution in [2.45, 2.75) is 11.4 Å². The molecule has 0 aliphatic carbocycles. The molecule has 2 aromatic carbocycles. The second-order valence-electron chi connectivity index (χ2n) is 5.88. The van der Waals surface area contributed by atoms with Crippen molar-refractivity contribution in [2.75, 3.05) is 14.2 Å². The number of nitrogens with zero attached hydrogens (tertiary/aromatic N) is 3. The number of methoxy groups -OCH3 is 2. The zero-order valence-electron chi connectivity index (χ0n) is 15.6. The Hall–Kier alpha value is -3.44. The van der Waals surface area contributed by atoms with Crippen molar-refractivity contribution in [1.82, 2.24) is 14.3 Å². The molecular formula is C18H18N4O6S. The number of non-ortho nitro benzene ring substituents is 1. The van der Waals surface area contributed by atoms with Crippen LogP contribution < -0.4 is 14.2 Å². The normalized spacial score (nSPS) is 11.2. The fraction of sp³-hybridized carbons (Fsp3) is 0.167. The number of hydrogen-bond acceptors (Lipinski definition) is 7. The maximum absolute atomic E-state index is 13.0. The molecule has 10 nitrogen and oxygen atoms in total. The van der Waals surface area contributed by atoms with Gasteiger partial charge in [-0.05, 0) is 12.1 Å². The molecule has 0 saturated carbocycles. The van der Waals surface area contributed by atoms with Crippen LogP contribution in [-0.2, 0) is 16.6 Å². The fourth-order valence-corrected chi connectivity index (χ4v) is 3.92. The highest BCUT2D eigenvalue weighted by Crippen LogP contribution is 2.27. The number of nitro benzene ring substituents is 1. The van der Waals surface area contributed by atoms with Crippen LogP contribution in [0, 0.1) is 10.1 Å². The number of aromatic nitrogens is 2. The molecule has 0 saturated heterocycles. The molecule has 0 aliphatic heterocycles. The lowest BCUT2D eigenvalue weighted by atomic mass is 10.2. The Bertz CT molecular complexity index is 1130. The van der Waals surface area contributed by atoms with Crippen molar-refractivity contribution in [1.29, 1.82) is 0 Å². The predicted octanol–water partition coefficient (Wildman–Crippen LogP) is 2.28. The van der Waals surface area contributed by atoms with Crippen LogP contribution in [0.4, 0.5) is 5.69 Å². The topological polar surface area (TPSA) is 126 Å². The molecule has 0 bridgehead atoms. The van der Waals surface area contributed by atoms with E-state index < -0.39 is 14.9 Å². The maximum Gasteiger partial charge on any atom is 0.270 e. The monoisotopic (exact) mass is 418 g/mol. The van der Waals surface area contributed by atoms with Gasteiger partial charge in [-0.1, -0.05) is 6.07 Å². The summed E-state index contributed by atoms with van der Waals surface area (Å²) in [4.78, 5) is 14.2. The fourth-order valence-electron chi connectivity index (χ4n) is 2.69. The Balaban J connectivity index is 1.97. The second-order valence-corrected chi connectivity index (χ2v) is 7.62. The summed E-state index contributed by atoms with van der Waals surface area (Å²) >= 11 is 0. The van der Waals surface area contributed by atoms with E-state index in [0.29, 0.717) is 17.1 Å². The van der Waals surface area contributed by atoms with E-state index in [9.17, 15) is 18.5 Å². The third kappa shape index (κ3) is 4.36. The molecule has 0 radical (unpaired) electrons. The van der Waals surface area contributed by atoms with Crippen molar-refractivity contribution in [3.8, 4) is 17.2 Å². The smallest absolute Gasteiger partial charge is 0.270 e. The summed E-state index contributed by atoms with van der Waals surface area (Å²) in [5.74, 6) is 1.01. The van der Waals surface area contributed by atoms with Gasteiger partial charge < -0.3 is 14.0 Å². The van der Waals surface area contributed by atoms with Gasteiger partial charge in [0.15, 0.2) is 0 Å². The van der Waals surface area contributed by atoms with Gasteiger partial charge in [0.2, 0.25) is 10.0 Å². The average molecular weight is 418 g/mol. The zero-order chi connectivity index (χ0) is 21.0. The second kappa shape index (κ2) is 8.29. The van der Waals surface area contributed by atoms with Crippen LogP contribution in [-0.4, -0.2) is 37.1 Å². The van der Waals surface area contributed by atoms with Gasteiger partial charge in [0.1, 0.15) is 16.4 Å². The average Bonchev–Trinajstić information content (AvgIpc) is 3.26. The van der Waals surface area contributed by atoms with Crippen LogP contribution >= 0.6 is 0 Å². The van der Waals surface area contributed by atoms with Crippen LogP contribution in [0.25, 0.3) is 5.69 Å². The molecule has 0 amide bonds. The van der Waals surface area contributed by atoms with Gasteiger partial charge >= 0.3 is 0 Å². The van der Waals surface area contributed by atoms with Crippen molar-refractivity contribution in [3.63, 3.8) is 0 Å². The van der Waals surface area contributed by atoms with Crippen molar-refractivity contribution >= 4 is 15.7 Å². The summed E-state index contributed by atoms with van der Waals surface area (Å²) in [5.41, 5.74) is 0.477. The number of benzene rings is 2. The highest BCUT2D eigenvalue weighted by molar-refractivity contribution is 7.89. The summed E-state index contributed by atoms with van der Waals surface area (Å²) in [7, 11) is -1.13. The number of imidazole rings is 1. The van der Waals surface area contributed by atoms with Crippen molar-refractivity contribution in [3.05, 3.63) is 70.8 Å². The molecule has 3 aromatic rings. The van der Waals surface area contributed by atoms with Crippen LogP contribution in [0.2, 0.25) is 0 Å².